The van der Waals surface area contributed by atoms with Gasteiger partial charge in [0.15, 0.2) is 0 Å². The molecule has 1 aromatic carbocycles. The Morgan fingerprint density at radius 3 is 3.11 bits per heavy atom. The number of ether oxygens (including phenoxy) is 1. The Labute approximate surface area is 114 Å². The summed E-state index contributed by atoms with van der Waals surface area (Å²) < 4.78 is 5.70. The number of hydrogen-bond donors (Lipinski definition) is 2. The fraction of sp³-hybridized carbons (Fsp3) is 0.467. The minimum absolute atomic E-state index is 0.171. The van der Waals surface area contributed by atoms with Crippen molar-refractivity contribution in [2.45, 2.75) is 12.5 Å². The smallest absolute Gasteiger partial charge is 0.120 e. The molecule has 1 atom stereocenters. The van der Waals surface area contributed by atoms with Crippen molar-refractivity contribution in [1.82, 2.24) is 4.90 Å². The zero-order chi connectivity index (χ0) is 13.5. The largest absolute Gasteiger partial charge is 0.492 e. The molecule has 1 fully saturated rings. The summed E-state index contributed by atoms with van der Waals surface area (Å²) in [6, 6.07) is 7.70. The molecular weight excluding hydrogens is 240 g/mol. The first-order chi connectivity index (χ1) is 9.28. The van der Waals surface area contributed by atoms with Gasteiger partial charge in [0, 0.05) is 25.2 Å². The summed E-state index contributed by atoms with van der Waals surface area (Å²) in [7, 11) is 0. The van der Waals surface area contributed by atoms with E-state index in [2.05, 4.69) is 16.7 Å². The van der Waals surface area contributed by atoms with Crippen LogP contribution in [0.25, 0.3) is 0 Å². The number of rotatable bonds is 4. The molecule has 0 saturated carbocycles. The summed E-state index contributed by atoms with van der Waals surface area (Å²) in [4.78, 5) is 2.21. The highest BCUT2D eigenvalue weighted by Crippen LogP contribution is 2.13. The van der Waals surface area contributed by atoms with E-state index in [4.69, 9.17) is 10.5 Å². The van der Waals surface area contributed by atoms with Crippen LogP contribution >= 0.6 is 0 Å². The molecule has 1 heterocycles. The maximum Gasteiger partial charge on any atom is 0.120 e. The van der Waals surface area contributed by atoms with E-state index in [0.717, 1.165) is 37.4 Å². The van der Waals surface area contributed by atoms with Crippen molar-refractivity contribution in [3.05, 3.63) is 29.8 Å². The predicted octanol–water partition coefficient (Wildman–Crippen LogP) is 0.442. The third-order valence-corrected chi connectivity index (χ3v) is 3.09. The predicted molar refractivity (Wildman–Crippen MR) is 74.9 cm³/mol. The quantitative estimate of drug-likeness (QED) is 0.771. The fourth-order valence-corrected chi connectivity index (χ4v) is 2.12. The Bertz CT molecular complexity index is 465. The molecule has 4 heteroatoms. The highest BCUT2D eigenvalue weighted by molar-refractivity contribution is 5.39. The number of β-amino-alcohol motifs (C(OH)–C–C–N with tert-alkyl or cyclic N) is 1. The molecular formula is C15H20N2O2. The van der Waals surface area contributed by atoms with E-state index in [1.165, 1.54) is 0 Å². The normalized spacial score (nSPS) is 18.9. The van der Waals surface area contributed by atoms with Crippen LogP contribution in [0.2, 0.25) is 0 Å². The standard InChI is InChI=1S/C15H20N2O2/c16-7-2-4-13-3-1-5-15(11-13)19-10-9-17-8-6-14(18)12-17/h1,3,5,11,14,18H,6-10,12,16H2. The number of benzene rings is 1. The molecule has 0 aromatic heterocycles. The van der Waals surface area contributed by atoms with Gasteiger partial charge in [0.2, 0.25) is 0 Å². The lowest BCUT2D eigenvalue weighted by Crippen LogP contribution is -2.27. The minimum Gasteiger partial charge on any atom is -0.492 e. The molecule has 3 N–H and O–H groups in total. The highest BCUT2D eigenvalue weighted by atomic mass is 16.5. The second kappa shape index (κ2) is 7.15. The number of nitrogens with two attached hydrogens (primary N) is 1. The topological polar surface area (TPSA) is 58.7 Å². The van der Waals surface area contributed by atoms with Crippen LogP contribution in [0.5, 0.6) is 5.75 Å². The van der Waals surface area contributed by atoms with Crippen LogP contribution in [-0.4, -0.2) is 48.9 Å². The van der Waals surface area contributed by atoms with Crippen LogP contribution in [0, 0.1) is 11.8 Å². The van der Waals surface area contributed by atoms with Crippen molar-refractivity contribution < 1.29 is 9.84 Å². The molecule has 1 aromatic rings. The van der Waals surface area contributed by atoms with Crippen LogP contribution in [0.15, 0.2) is 24.3 Å². The van der Waals surface area contributed by atoms with Gasteiger partial charge in [-0.15, -0.1) is 0 Å². The Kier molecular flexibility index (Phi) is 5.22. The van der Waals surface area contributed by atoms with E-state index in [9.17, 15) is 5.11 Å². The summed E-state index contributed by atoms with van der Waals surface area (Å²) in [5.41, 5.74) is 6.26. The molecule has 2 rings (SSSR count). The molecule has 19 heavy (non-hydrogen) atoms. The molecule has 0 amide bonds. The van der Waals surface area contributed by atoms with E-state index in [1.807, 2.05) is 24.3 Å². The molecule has 102 valence electrons. The number of likely N-dealkylation sites (tertiary alicyclic amines) is 1. The lowest BCUT2D eigenvalue weighted by atomic mass is 10.2. The molecule has 1 aliphatic heterocycles. The molecule has 1 saturated heterocycles. The number of aliphatic hydroxyl groups is 1. The third kappa shape index (κ3) is 4.56. The Balaban J connectivity index is 1.79. The van der Waals surface area contributed by atoms with Gasteiger partial charge in [-0.05, 0) is 24.6 Å². The maximum atomic E-state index is 9.43. The average Bonchev–Trinajstić information content (AvgIpc) is 2.83. The van der Waals surface area contributed by atoms with Crippen molar-refractivity contribution >= 4 is 0 Å². The Morgan fingerprint density at radius 1 is 1.47 bits per heavy atom. The van der Waals surface area contributed by atoms with E-state index in [-0.39, 0.29) is 6.10 Å². The van der Waals surface area contributed by atoms with Gasteiger partial charge in [0.1, 0.15) is 12.4 Å². The molecule has 0 spiro atoms. The SMILES string of the molecule is NCC#Cc1cccc(OCCN2CCC(O)C2)c1. The molecule has 1 aliphatic rings. The van der Waals surface area contributed by atoms with Crippen molar-refractivity contribution in [3.8, 4) is 17.6 Å². The average molecular weight is 260 g/mol. The van der Waals surface area contributed by atoms with Crippen LogP contribution in [-0.2, 0) is 0 Å². The van der Waals surface area contributed by atoms with Crippen molar-refractivity contribution in [2.75, 3.05) is 32.8 Å². The fourth-order valence-electron chi connectivity index (χ4n) is 2.12. The van der Waals surface area contributed by atoms with Crippen molar-refractivity contribution in [2.24, 2.45) is 5.73 Å². The van der Waals surface area contributed by atoms with Crippen LogP contribution in [0.4, 0.5) is 0 Å². The van der Waals surface area contributed by atoms with E-state index < -0.39 is 0 Å². The zero-order valence-electron chi connectivity index (χ0n) is 11.0. The van der Waals surface area contributed by atoms with Crippen LogP contribution in [0.1, 0.15) is 12.0 Å². The van der Waals surface area contributed by atoms with Gasteiger partial charge in [-0.25, -0.2) is 0 Å². The lowest BCUT2D eigenvalue weighted by Gasteiger charge is -2.15. The first-order valence-electron chi connectivity index (χ1n) is 6.60. The summed E-state index contributed by atoms with van der Waals surface area (Å²) >= 11 is 0. The zero-order valence-corrected chi connectivity index (χ0v) is 11.0. The van der Waals surface area contributed by atoms with E-state index in [1.54, 1.807) is 0 Å². The summed E-state index contributed by atoms with van der Waals surface area (Å²) in [5, 5.41) is 9.43. The minimum atomic E-state index is -0.171. The monoisotopic (exact) mass is 260 g/mol. The van der Waals surface area contributed by atoms with Gasteiger partial charge in [-0.3, -0.25) is 4.90 Å². The second-order valence-electron chi connectivity index (χ2n) is 4.63. The highest BCUT2D eigenvalue weighted by Gasteiger charge is 2.19. The van der Waals surface area contributed by atoms with Gasteiger partial charge >= 0.3 is 0 Å². The van der Waals surface area contributed by atoms with Crippen LogP contribution < -0.4 is 10.5 Å². The summed E-state index contributed by atoms with van der Waals surface area (Å²) in [6.07, 6.45) is 0.694. The second-order valence-corrected chi connectivity index (χ2v) is 4.63. The van der Waals surface area contributed by atoms with E-state index in [0.29, 0.717) is 13.2 Å². The molecule has 4 nitrogen and oxygen atoms in total. The third-order valence-electron chi connectivity index (χ3n) is 3.09. The maximum absolute atomic E-state index is 9.43. The Hall–Kier alpha value is -1.54. The lowest BCUT2D eigenvalue weighted by molar-refractivity contribution is 0.167. The molecule has 0 aliphatic carbocycles. The van der Waals surface area contributed by atoms with E-state index >= 15 is 0 Å². The first kappa shape index (κ1) is 13.9. The van der Waals surface area contributed by atoms with Crippen molar-refractivity contribution in [3.63, 3.8) is 0 Å². The summed E-state index contributed by atoms with van der Waals surface area (Å²) in [6.45, 7) is 3.54. The number of nitrogens with zero attached hydrogens (tertiary/aromatic N) is 1. The number of aliphatic hydroxyl groups excluding tert-OH is 1. The van der Waals surface area contributed by atoms with Gasteiger partial charge in [0.05, 0.1) is 12.6 Å². The summed E-state index contributed by atoms with van der Waals surface area (Å²) in [5.74, 6) is 6.63. The van der Waals surface area contributed by atoms with Gasteiger partial charge in [-0.1, -0.05) is 17.9 Å². The Morgan fingerprint density at radius 2 is 2.37 bits per heavy atom. The van der Waals surface area contributed by atoms with Crippen molar-refractivity contribution in [1.29, 1.82) is 0 Å². The number of hydrogen-bond acceptors (Lipinski definition) is 4. The van der Waals surface area contributed by atoms with Gasteiger partial charge in [0.25, 0.3) is 0 Å². The van der Waals surface area contributed by atoms with Crippen LogP contribution in [0.3, 0.4) is 0 Å². The molecule has 0 radical (unpaired) electrons. The van der Waals surface area contributed by atoms with Gasteiger partial charge < -0.3 is 15.6 Å². The first-order valence-corrected chi connectivity index (χ1v) is 6.60. The molecule has 1 unspecified atom stereocenters. The molecule has 0 bridgehead atoms. The van der Waals surface area contributed by atoms with Gasteiger partial charge in [-0.2, -0.15) is 0 Å².